The van der Waals surface area contributed by atoms with Crippen LogP contribution in [0.1, 0.15) is 49.0 Å². The summed E-state index contributed by atoms with van der Waals surface area (Å²) in [4.78, 5) is 25.0. The molecule has 2 rings (SSSR count). The number of ketones is 1. The summed E-state index contributed by atoms with van der Waals surface area (Å²) in [5, 5.41) is 30.8. The largest absolute Gasteiger partial charge is 0.507 e. The summed E-state index contributed by atoms with van der Waals surface area (Å²) in [6, 6.07) is 2.81. The van der Waals surface area contributed by atoms with Gasteiger partial charge in [0.1, 0.15) is 29.3 Å². The summed E-state index contributed by atoms with van der Waals surface area (Å²) in [5.74, 6) is -1.89. The van der Waals surface area contributed by atoms with Crippen molar-refractivity contribution in [3.63, 3.8) is 0 Å². The van der Waals surface area contributed by atoms with Gasteiger partial charge < -0.3 is 24.8 Å². The van der Waals surface area contributed by atoms with Crippen molar-refractivity contribution in [3.05, 3.63) is 41.5 Å². The number of ether oxygens (including phenoxy) is 2. The van der Waals surface area contributed by atoms with Gasteiger partial charge in [0.2, 0.25) is 10.0 Å². The molecule has 194 valence electrons. The number of unbranched alkanes of at least 4 members (excludes halogenated alkanes) is 1. The van der Waals surface area contributed by atoms with E-state index in [1.165, 1.54) is 30.4 Å². The molecule has 0 amide bonds. The van der Waals surface area contributed by atoms with Crippen LogP contribution in [0.3, 0.4) is 0 Å². The lowest BCUT2D eigenvalue weighted by Gasteiger charge is -2.20. The maximum atomic E-state index is 12.9. The topological polar surface area (TPSA) is 159 Å². The minimum atomic E-state index is -3.25. The molecule has 0 aromatic heterocycles. The molecule has 0 fully saturated rings. The number of hydrogen-bond acceptors (Lipinski definition) is 9. The van der Waals surface area contributed by atoms with Gasteiger partial charge in [-0.1, -0.05) is 25.2 Å². The number of carbonyl (C=O) groups is 2. The van der Waals surface area contributed by atoms with Crippen LogP contribution in [0.5, 0.6) is 11.5 Å². The molecule has 0 radical (unpaired) electrons. The molecule has 35 heavy (non-hydrogen) atoms. The van der Waals surface area contributed by atoms with Crippen LogP contribution in [-0.2, 0) is 19.6 Å². The van der Waals surface area contributed by atoms with Gasteiger partial charge >= 0.3 is 5.97 Å². The molecule has 4 atom stereocenters. The molecule has 1 aromatic carbocycles. The van der Waals surface area contributed by atoms with E-state index in [1.807, 2.05) is 0 Å². The Labute approximate surface area is 205 Å². The van der Waals surface area contributed by atoms with Gasteiger partial charge in [0, 0.05) is 18.5 Å². The van der Waals surface area contributed by atoms with E-state index >= 15 is 0 Å². The average molecular weight is 512 g/mol. The van der Waals surface area contributed by atoms with E-state index < -0.39 is 40.1 Å². The first-order valence-corrected chi connectivity index (χ1v) is 13.2. The fourth-order valence-electron chi connectivity index (χ4n) is 3.22. The lowest BCUT2D eigenvalue weighted by atomic mass is 9.99. The van der Waals surface area contributed by atoms with E-state index in [-0.39, 0.29) is 48.1 Å². The molecule has 1 aliphatic rings. The number of aromatic hydroxyl groups is 1. The van der Waals surface area contributed by atoms with Crippen molar-refractivity contribution in [2.24, 2.45) is 5.92 Å². The third-order valence-electron chi connectivity index (χ3n) is 5.46. The van der Waals surface area contributed by atoms with Crippen molar-refractivity contribution in [2.45, 2.75) is 51.4 Å². The monoisotopic (exact) mass is 511 g/mol. The van der Waals surface area contributed by atoms with Crippen molar-refractivity contribution < 1.29 is 42.8 Å². The second-order valence-corrected chi connectivity index (χ2v) is 10.3. The van der Waals surface area contributed by atoms with Gasteiger partial charge in [0.05, 0.1) is 19.0 Å². The first kappa shape index (κ1) is 28.5. The summed E-state index contributed by atoms with van der Waals surface area (Å²) in [7, 11) is -3.25. The zero-order valence-electron chi connectivity index (χ0n) is 20.0. The second-order valence-electron chi connectivity index (χ2n) is 8.51. The van der Waals surface area contributed by atoms with Crippen molar-refractivity contribution >= 4 is 27.9 Å². The third kappa shape index (κ3) is 9.10. The number of phenolic OH excluding ortho intramolecular Hbond substituents is 1. The van der Waals surface area contributed by atoms with Crippen molar-refractivity contribution in [3.8, 4) is 11.5 Å². The first-order chi connectivity index (χ1) is 16.4. The van der Waals surface area contributed by atoms with Crippen LogP contribution in [0, 0.1) is 5.92 Å². The van der Waals surface area contributed by atoms with Crippen molar-refractivity contribution in [2.75, 3.05) is 19.4 Å². The van der Waals surface area contributed by atoms with Crippen LogP contribution in [0.15, 0.2) is 30.4 Å². The van der Waals surface area contributed by atoms with Crippen LogP contribution < -0.4 is 9.46 Å². The lowest BCUT2D eigenvalue weighted by Crippen LogP contribution is -2.32. The van der Waals surface area contributed by atoms with Gasteiger partial charge in [-0.3, -0.25) is 4.79 Å². The molecule has 11 heteroatoms. The van der Waals surface area contributed by atoms with Crippen LogP contribution in [0.4, 0.5) is 0 Å². The minimum Gasteiger partial charge on any atom is -0.507 e. The highest BCUT2D eigenvalue weighted by Gasteiger charge is 2.25. The molecular weight excluding hydrogens is 478 g/mol. The Bertz CT molecular complexity index is 1060. The maximum absolute atomic E-state index is 12.9. The number of carbonyl (C=O) groups excluding carboxylic acids is 2. The predicted octanol–water partition coefficient (Wildman–Crippen LogP) is 1.55. The molecule has 1 aromatic rings. The van der Waals surface area contributed by atoms with Crippen molar-refractivity contribution in [1.82, 2.24) is 4.72 Å². The third-order valence-corrected chi connectivity index (χ3v) is 6.19. The first-order valence-electron chi connectivity index (χ1n) is 11.3. The summed E-state index contributed by atoms with van der Waals surface area (Å²) in [6.45, 7) is 3.87. The number of aliphatic hydroxyl groups is 2. The number of fused-ring (bicyclic) bond motifs is 1. The highest BCUT2D eigenvalue weighted by Crippen LogP contribution is 2.31. The molecule has 1 aliphatic heterocycles. The highest BCUT2D eigenvalue weighted by molar-refractivity contribution is 7.88. The second kappa shape index (κ2) is 12.8. The number of cyclic esters (lactones) is 1. The Morgan fingerprint density at radius 3 is 2.54 bits per heavy atom. The quantitative estimate of drug-likeness (QED) is 0.315. The Morgan fingerprint density at radius 1 is 1.14 bits per heavy atom. The fraction of sp³-hybridized carbons (Fsp3) is 0.500. The molecule has 0 saturated heterocycles. The van der Waals surface area contributed by atoms with E-state index in [0.717, 1.165) is 12.3 Å². The molecule has 10 nitrogen and oxygen atoms in total. The van der Waals surface area contributed by atoms with Crippen LogP contribution in [0.2, 0.25) is 0 Å². The summed E-state index contributed by atoms with van der Waals surface area (Å²) < 4.78 is 35.7. The van der Waals surface area contributed by atoms with Gasteiger partial charge in [0.25, 0.3) is 0 Å². The molecule has 0 saturated carbocycles. The standard InChI is InChI=1S/C24H33NO9S/c1-15-9-10-20(27)23(29)19(26)8-6-7-17-13-18(33-12-5-4-11-25-35(3,31)32)14-21(28)22(17)24(30)34-16(15)2/h6-7,9-10,13-16,19,23,25-26,28-29H,4-5,8,11-12H2,1-3H3/b7-6+,10-9-/t15-,16+,19+,23+/m1/s1. The molecule has 0 spiro atoms. The summed E-state index contributed by atoms with van der Waals surface area (Å²) in [6.07, 6.45) is 4.04. The number of benzene rings is 1. The van der Waals surface area contributed by atoms with Gasteiger partial charge in [0.15, 0.2) is 5.78 Å². The van der Waals surface area contributed by atoms with Gasteiger partial charge in [-0.15, -0.1) is 0 Å². The summed E-state index contributed by atoms with van der Waals surface area (Å²) in [5.41, 5.74) is 0.182. The maximum Gasteiger partial charge on any atom is 0.342 e. The smallest absolute Gasteiger partial charge is 0.342 e. The van der Waals surface area contributed by atoms with E-state index in [4.69, 9.17) is 9.47 Å². The molecule has 0 unspecified atom stereocenters. The molecule has 4 N–H and O–H groups in total. The molecule has 0 bridgehead atoms. The fourth-order valence-corrected chi connectivity index (χ4v) is 3.74. The Kier molecular flexibility index (Phi) is 10.4. The number of hydrogen-bond donors (Lipinski definition) is 4. The number of sulfonamides is 1. The average Bonchev–Trinajstić information content (AvgIpc) is 2.77. The Balaban J connectivity index is 2.25. The van der Waals surface area contributed by atoms with E-state index in [0.29, 0.717) is 12.8 Å². The molecular formula is C24H33NO9S. The number of aliphatic hydroxyl groups excluding tert-OH is 2. The van der Waals surface area contributed by atoms with E-state index in [9.17, 15) is 33.3 Å². The van der Waals surface area contributed by atoms with Crippen LogP contribution >= 0.6 is 0 Å². The molecule has 1 heterocycles. The van der Waals surface area contributed by atoms with E-state index in [2.05, 4.69) is 4.72 Å². The number of esters is 1. The van der Waals surface area contributed by atoms with Gasteiger partial charge in [-0.25, -0.2) is 17.9 Å². The van der Waals surface area contributed by atoms with Gasteiger partial charge in [-0.2, -0.15) is 0 Å². The zero-order valence-corrected chi connectivity index (χ0v) is 20.8. The van der Waals surface area contributed by atoms with Crippen LogP contribution in [-0.4, -0.2) is 73.2 Å². The highest BCUT2D eigenvalue weighted by atomic mass is 32.2. The Morgan fingerprint density at radius 2 is 1.86 bits per heavy atom. The minimum absolute atomic E-state index is 0.0830. The Hall–Kier alpha value is -2.73. The van der Waals surface area contributed by atoms with Crippen LogP contribution in [0.25, 0.3) is 6.08 Å². The number of rotatable bonds is 7. The summed E-state index contributed by atoms with van der Waals surface area (Å²) >= 11 is 0. The van der Waals surface area contributed by atoms with E-state index in [1.54, 1.807) is 13.8 Å². The number of nitrogens with one attached hydrogen (secondary N) is 1. The van der Waals surface area contributed by atoms with Gasteiger partial charge in [-0.05, 0) is 43.9 Å². The predicted molar refractivity (Wildman–Crippen MR) is 130 cm³/mol. The zero-order chi connectivity index (χ0) is 26.2. The number of phenols is 1. The van der Waals surface area contributed by atoms with Crippen molar-refractivity contribution in [1.29, 1.82) is 0 Å². The lowest BCUT2D eigenvalue weighted by molar-refractivity contribution is -0.127. The molecule has 0 aliphatic carbocycles. The normalized spacial score (nSPS) is 25.7. The SMILES string of the molecule is C[C@@H]1/C=C\C(=O)[C@@H](O)[C@@H](O)C/C=C/c2cc(OCCCCNS(C)(=O)=O)cc(O)c2C(=O)O[C@H]1C.